The molecular formula is C18H21N3O2. The molecule has 1 unspecified atom stereocenters. The number of rotatable bonds is 5. The molecule has 0 saturated heterocycles. The fourth-order valence-electron chi connectivity index (χ4n) is 2.85. The quantitative estimate of drug-likeness (QED) is 0.922. The van der Waals surface area contributed by atoms with Crippen molar-refractivity contribution in [1.82, 2.24) is 0 Å². The average Bonchev–Trinajstić information content (AvgIpc) is 3.06. The first kappa shape index (κ1) is 15.4. The van der Waals surface area contributed by atoms with Gasteiger partial charge < -0.3 is 15.2 Å². The molecule has 1 atom stereocenters. The first-order valence-electron chi connectivity index (χ1n) is 7.59. The van der Waals surface area contributed by atoms with Gasteiger partial charge in [0.25, 0.3) is 0 Å². The zero-order chi connectivity index (χ0) is 16.2. The van der Waals surface area contributed by atoms with E-state index in [2.05, 4.69) is 6.07 Å². The van der Waals surface area contributed by atoms with Crippen molar-refractivity contribution in [3.05, 3.63) is 54.1 Å². The van der Waals surface area contributed by atoms with Crippen molar-refractivity contribution in [3.8, 4) is 11.5 Å². The highest BCUT2D eigenvalue weighted by molar-refractivity contribution is 5.90. The van der Waals surface area contributed by atoms with Crippen LogP contribution in [0.2, 0.25) is 0 Å². The van der Waals surface area contributed by atoms with Crippen molar-refractivity contribution in [3.63, 3.8) is 0 Å². The number of hydrazone groups is 1. The Morgan fingerprint density at radius 2 is 1.83 bits per heavy atom. The standard InChI is InChI=1S/C18H21N3O2/c1-22-15-9-7-14(8-10-15)21-17(11-13(12-19)20-21)16-5-3-4-6-18(16)23-2/h3-10,17H,11-12,19H2,1-2H3. The summed E-state index contributed by atoms with van der Waals surface area (Å²) in [6.07, 6.45) is 0.795. The van der Waals surface area contributed by atoms with Crippen molar-refractivity contribution in [2.75, 3.05) is 25.8 Å². The Hall–Kier alpha value is -2.53. The Labute approximate surface area is 136 Å². The van der Waals surface area contributed by atoms with Crippen LogP contribution in [0.4, 0.5) is 5.69 Å². The van der Waals surface area contributed by atoms with Gasteiger partial charge >= 0.3 is 0 Å². The van der Waals surface area contributed by atoms with Crippen molar-refractivity contribution in [2.45, 2.75) is 12.5 Å². The second-order valence-electron chi connectivity index (χ2n) is 5.37. The number of para-hydroxylation sites is 1. The van der Waals surface area contributed by atoms with E-state index < -0.39 is 0 Å². The molecule has 0 spiro atoms. The van der Waals surface area contributed by atoms with E-state index in [1.54, 1.807) is 14.2 Å². The highest BCUT2D eigenvalue weighted by Crippen LogP contribution is 2.39. The van der Waals surface area contributed by atoms with Crippen LogP contribution in [0.3, 0.4) is 0 Å². The van der Waals surface area contributed by atoms with E-state index in [0.29, 0.717) is 6.54 Å². The Kier molecular flexibility index (Phi) is 4.48. The van der Waals surface area contributed by atoms with Crippen LogP contribution < -0.4 is 20.2 Å². The van der Waals surface area contributed by atoms with Crippen molar-refractivity contribution in [2.24, 2.45) is 10.8 Å². The van der Waals surface area contributed by atoms with Crippen LogP contribution in [0.25, 0.3) is 0 Å². The largest absolute Gasteiger partial charge is 0.497 e. The minimum atomic E-state index is 0.0816. The number of benzene rings is 2. The number of nitrogens with zero attached hydrogens (tertiary/aromatic N) is 2. The fraction of sp³-hybridized carbons (Fsp3) is 0.278. The Morgan fingerprint density at radius 1 is 1.09 bits per heavy atom. The lowest BCUT2D eigenvalue weighted by Crippen LogP contribution is -2.19. The molecule has 0 aromatic heterocycles. The number of ether oxygens (including phenoxy) is 2. The van der Waals surface area contributed by atoms with Gasteiger partial charge in [-0.2, -0.15) is 5.10 Å². The van der Waals surface area contributed by atoms with Gasteiger partial charge in [0.2, 0.25) is 0 Å². The third-order valence-electron chi connectivity index (χ3n) is 4.04. The summed E-state index contributed by atoms with van der Waals surface area (Å²) in [7, 11) is 3.35. The maximum absolute atomic E-state index is 5.82. The molecule has 0 fully saturated rings. The van der Waals surface area contributed by atoms with E-state index in [0.717, 1.165) is 34.9 Å². The van der Waals surface area contributed by atoms with Crippen LogP contribution in [0, 0.1) is 0 Å². The zero-order valence-electron chi connectivity index (χ0n) is 13.4. The molecule has 0 bridgehead atoms. The van der Waals surface area contributed by atoms with E-state index >= 15 is 0 Å². The molecule has 3 rings (SSSR count). The van der Waals surface area contributed by atoms with Crippen LogP contribution >= 0.6 is 0 Å². The van der Waals surface area contributed by atoms with Gasteiger partial charge in [-0.3, -0.25) is 5.01 Å². The van der Waals surface area contributed by atoms with Crippen molar-refractivity contribution in [1.29, 1.82) is 0 Å². The van der Waals surface area contributed by atoms with Crippen LogP contribution in [0.5, 0.6) is 11.5 Å². The van der Waals surface area contributed by atoms with Gasteiger partial charge in [0.1, 0.15) is 11.5 Å². The molecule has 2 N–H and O–H groups in total. The van der Waals surface area contributed by atoms with Gasteiger partial charge in [-0.05, 0) is 30.3 Å². The molecule has 23 heavy (non-hydrogen) atoms. The summed E-state index contributed by atoms with van der Waals surface area (Å²) in [5.74, 6) is 1.69. The topological polar surface area (TPSA) is 60.1 Å². The molecule has 1 heterocycles. The molecule has 5 nitrogen and oxygen atoms in total. The highest BCUT2D eigenvalue weighted by atomic mass is 16.5. The first-order chi connectivity index (χ1) is 11.3. The van der Waals surface area contributed by atoms with Crippen molar-refractivity contribution < 1.29 is 9.47 Å². The second-order valence-corrected chi connectivity index (χ2v) is 5.37. The van der Waals surface area contributed by atoms with Gasteiger partial charge in [-0.25, -0.2) is 0 Å². The number of methoxy groups -OCH3 is 2. The molecular weight excluding hydrogens is 290 g/mol. The molecule has 1 aliphatic heterocycles. The molecule has 0 amide bonds. The second kappa shape index (κ2) is 6.71. The van der Waals surface area contributed by atoms with Gasteiger partial charge in [-0.15, -0.1) is 0 Å². The van der Waals surface area contributed by atoms with Gasteiger partial charge in [-0.1, -0.05) is 18.2 Å². The molecule has 2 aromatic carbocycles. The lowest BCUT2D eigenvalue weighted by Gasteiger charge is -2.25. The summed E-state index contributed by atoms with van der Waals surface area (Å²) in [6, 6.07) is 16.0. The highest BCUT2D eigenvalue weighted by Gasteiger charge is 2.30. The summed E-state index contributed by atoms with van der Waals surface area (Å²) in [6.45, 7) is 0.457. The Morgan fingerprint density at radius 3 is 2.48 bits per heavy atom. The maximum Gasteiger partial charge on any atom is 0.124 e. The van der Waals surface area contributed by atoms with E-state index in [-0.39, 0.29) is 6.04 Å². The Balaban J connectivity index is 1.98. The third kappa shape index (κ3) is 3.00. The van der Waals surface area contributed by atoms with E-state index in [1.807, 2.05) is 47.5 Å². The van der Waals surface area contributed by atoms with Gasteiger partial charge in [0.15, 0.2) is 0 Å². The minimum Gasteiger partial charge on any atom is -0.497 e. The minimum absolute atomic E-state index is 0.0816. The molecule has 5 heteroatoms. The van der Waals surface area contributed by atoms with E-state index in [9.17, 15) is 0 Å². The van der Waals surface area contributed by atoms with Crippen LogP contribution in [0.15, 0.2) is 53.6 Å². The monoisotopic (exact) mass is 311 g/mol. The molecule has 0 radical (unpaired) electrons. The number of hydrogen-bond donors (Lipinski definition) is 1. The smallest absolute Gasteiger partial charge is 0.124 e. The summed E-state index contributed by atoms with van der Waals surface area (Å²) in [4.78, 5) is 0. The van der Waals surface area contributed by atoms with Crippen molar-refractivity contribution >= 4 is 11.4 Å². The lowest BCUT2D eigenvalue weighted by molar-refractivity contribution is 0.405. The van der Waals surface area contributed by atoms with Crippen LogP contribution in [0.1, 0.15) is 18.0 Å². The molecule has 0 aliphatic carbocycles. The molecule has 2 aromatic rings. The van der Waals surface area contributed by atoms with Crippen LogP contribution in [-0.2, 0) is 0 Å². The SMILES string of the molecule is COc1ccc(N2N=C(CN)CC2c2ccccc2OC)cc1. The Bertz CT molecular complexity index is 698. The predicted octanol–water partition coefficient (Wildman–Crippen LogP) is 2.97. The third-order valence-corrected chi connectivity index (χ3v) is 4.04. The number of hydrogen-bond acceptors (Lipinski definition) is 5. The van der Waals surface area contributed by atoms with Gasteiger partial charge in [0.05, 0.1) is 31.7 Å². The summed E-state index contributed by atoms with van der Waals surface area (Å²) in [5.41, 5.74) is 8.92. The molecule has 120 valence electrons. The predicted molar refractivity (Wildman–Crippen MR) is 92.3 cm³/mol. The van der Waals surface area contributed by atoms with E-state index in [4.69, 9.17) is 20.3 Å². The van der Waals surface area contributed by atoms with E-state index in [1.165, 1.54) is 0 Å². The van der Waals surface area contributed by atoms with Gasteiger partial charge in [0, 0.05) is 18.5 Å². The lowest BCUT2D eigenvalue weighted by atomic mass is 10.0. The summed E-state index contributed by atoms with van der Waals surface area (Å²) in [5, 5.41) is 6.71. The van der Waals surface area contributed by atoms with Crippen LogP contribution in [-0.4, -0.2) is 26.5 Å². The normalized spacial score (nSPS) is 17.1. The molecule has 1 aliphatic rings. The maximum atomic E-state index is 5.82. The number of anilines is 1. The average molecular weight is 311 g/mol. The zero-order valence-corrected chi connectivity index (χ0v) is 13.4. The molecule has 0 saturated carbocycles. The summed E-state index contributed by atoms with van der Waals surface area (Å²) >= 11 is 0. The fourth-order valence-corrected chi connectivity index (χ4v) is 2.85. The first-order valence-corrected chi connectivity index (χ1v) is 7.59. The number of nitrogens with two attached hydrogens (primary N) is 1. The summed E-state index contributed by atoms with van der Waals surface area (Å²) < 4.78 is 10.7.